The summed E-state index contributed by atoms with van der Waals surface area (Å²) in [7, 11) is -1.63. The van der Waals surface area contributed by atoms with Gasteiger partial charge in [0.05, 0.1) is 28.9 Å². The predicted octanol–water partition coefficient (Wildman–Crippen LogP) is 0.374. The van der Waals surface area contributed by atoms with Crippen LogP contribution < -0.4 is 5.73 Å². The number of nitrogens with zero attached hydrogens (tertiary/aromatic N) is 1. The minimum atomic E-state index is -1.63. The van der Waals surface area contributed by atoms with E-state index in [2.05, 4.69) is 0 Å². The maximum atomic E-state index is 13.1. The molecule has 2 N–H and O–H groups in total. The third kappa shape index (κ3) is 3.51. The first-order valence-corrected chi connectivity index (χ1v) is 7.19. The standard InChI is InChI=1S/C12H15FN2O3S/c13-9-1-2-10(14)11(7-9)19(17)8-12(16)15-3-5-18-6-4-15/h1-2,7H,3-6,8,14H2. The average molecular weight is 286 g/mol. The van der Waals surface area contributed by atoms with E-state index >= 15 is 0 Å². The summed E-state index contributed by atoms with van der Waals surface area (Å²) in [5.74, 6) is -0.935. The van der Waals surface area contributed by atoms with Crippen LogP contribution in [0.5, 0.6) is 0 Å². The molecule has 5 nitrogen and oxygen atoms in total. The summed E-state index contributed by atoms with van der Waals surface area (Å²) < 4.78 is 30.3. The predicted molar refractivity (Wildman–Crippen MR) is 69.5 cm³/mol. The van der Waals surface area contributed by atoms with E-state index in [0.717, 1.165) is 6.07 Å². The number of rotatable bonds is 3. The number of nitrogens with two attached hydrogens (primary N) is 1. The Morgan fingerprint density at radius 1 is 1.42 bits per heavy atom. The Labute approximate surface area is 113 Å². The molecule has 1 fully saturated rings. The van der Waals surface area contributed by atoms with E-state index < -0.39 is 16.6 Å². The number of morpholine rings is 1. The third-order valence-corrected chi connectivity index (χ3v) is 4.19. The number of amides is 1. The molecule has 1 aliphatic rings. The lowest BCUT2D eigenvalue weighted by molar-refractivity contribution is -0.132. The SMILES string of the molecule is Nc1ccc(F)cc1S(=O)CC(=O)N1CCOCC1. The van der Waals surface area contributed by atoms with Crippen LogP contribution in [-0.4, -0.2) is 47.1 Å². The van der Waals surface area contributed by atoms with Crippen molar-refractivity contribution < 1.29 is 18.1 Å². The van der Waals surface area contributed by atoms with Gasteiger partial charge in [0.15, 0.2) is 0 Å². The van der Waals surface area contributed by atoms with E-state index in [4.69, 9.17) is 10.5 Å². The highest BCUT2D eigenvalue weighted by Crippen LogP contribution is 2.18. The summed E-state index contributed by atoms with van der Waals surface area (Å²) in [6.45, 7) is 1.96. The van der Waals surface area contributed by atoms with Crippen molar-refractivity contribution in [1.29, 1.82) is 0 Å². The molecule has 1 unspecified atom stereocenters. The smallest absolute Gasteiger partial charge is 0.235 e. The van der Waals surface area contributed by atoms with Gasteiger partial charge in [0.2, 0.25) is 5.91 Å². The summed E-state index contributed by atoms with van der Waals surface area (Å²) in [5, 5.41) is 0. The highest BCUT2D eigenvalue weighted by molar-refractivity contribution is 7.86. The highest BCUT2D eigenvalue weighted by atomic mass is 32.2. The van der Waals surface area contributed by atoms with E-state index in [9.17, 15) is 13.4 Å². The van der Waals surface area contributed by atoms with E-state index in [1.165, 1.54) is 12.1 Å². The van der Waals surface area contributed by atoms with Crippen LogP contribution in [0.3, 0.4) is 0 Å². The van der Waals surface area contributed by atoms with Crippen LogP contribution in [0.4, 0.5) is 10.1 Å². The molecule has 19 heavy (non-hydrogen) atoms. The van der Waals surface area contributed by atoms with Crippen molar-refractivity contribution >= 4 is 22.4 Å². The first kappa shape index (κ1) is 14.0. The zero-order valence-electron chi connectivity index (χ0n) is 10.3. The fraction of sp³-hybridized carbons (Fsp3) is 0.417. The van der Waals surface area contributed by atoms with Gasteiger partial charge >= 0.3 is 0 Å². The lowest BCUT2D eigenvalue weighted by Gasteiger charge is -2.26. The number of anilines is 1. The molecule has 1 atom stereocenters. The molecule has 1 heterocycles. The Bertz CT molecular complexity index is 504. The first-order chi connectivity index (χ1) is 9.08. The zero-order chi connectivity index (χ0) is 13.8. The zero-order valence-corrected chi connectivity index (χ0v) is 11.1. The largest absolute Gasteiger partial charge is 0.398 e. The van der Waals surface area contributed by atoms with E-state index in [1.54, 1.807) is 4.90 Å². The quantitative estimate of drug-likeness (QED) is 0.815. The van der Waals surface area contributed by atoms with Crippen LogP contribution in [0.15, 0.2) is 23.1 Å². The Kier molecular flexibility index (Phi) is 4.49. The van der Waals surface area contributed by atoms with Gasteiger partial charge in [-0.15, -0.1) is 0 Å². The fourth-order valence-electron chi connectivity index (χ4n) is 1.80. The van der Waals surface area contributed by atoms with E-state index in [-0.39, 0.29) is 22.2 Å². The molecule has 0 spiro atoms. The average Bonchev–Trinajstić information content (AvgIpc) is 2.42. The number of halogens is 1. The molecule has 0 bridgehead atoms. The van der Waals surface area contributed by atoms with Crippen molar-refractivity contribution in [2.75, 3.05) is 37.8 Å². The molecule has 1 saturated heterocycles. The van der Waals surface area contributed by atoms with Gasteiger partial charge in [0, 0.05) is 18.8 Å². The minimum Gasteiger partial charge on any atom is -0.398 e. The van der Waals surface area contributed by atoms with Gasteiger partial charge in [-0.3, -0.25) is 9.00 Å². The van der Waals surface area contributed by atoms with Crippen molar-refractivity contribution in [2.24, 2.45) is 0 Å². The van der Waals surface area contributed by atoms with Crippen LogP contribution in [0, 0.1) is 5.82 Å². The molecule has 0 aromatic heterocycles. The second-order valence-electron chi connectivity index (χ2n) is 4.17. The molecule has 1 amide bonds. The number of carbonyl (C=O) groups excluding carboxylic acids is 1. The maximum absolute atomic E-state index is 13.1. The number of nitrogen functional groups attached to an aromatic ring is 1. The topological polar surface area (TPSA) is 72.6 Å². The van der Waals surface area contributed by atoms with Crippen LogP contribution in [-0.2, 0) is 20.3 Å². The first-order valence-electron chi connectivity index (χ1n) is 5.87. The van der Waals surface area contributed by atoms with E-state index in [1.807, 2.05) is 0 Å². The Morgan fingerprint density at radius 3 is 2.79 bits per heavy atom. The fourth-order valence-corrected chi connectivity index (χ4v) is 2.94. The number of hydrogen-bond acceptors (Lipinski definition) is 4. The second-order valence-corrected chi connectivity index (χ2v) is 5.58. The van der Waals surface area contributed by atoms with Gasteiger partial charge in [0.25, 0.3) is 0 Å². The van der Waals surface area contributed by atoms with Crippen LogP contribution in [0.1, 0.15) is 0 Å². The second kappa shape index (κ2) is 6.12. The maximum Gasteiger partial charge on any atom is 0.235 e. The van der Waals surface area contributed by atoms with Crippen molar-refractivity contribution in [3.63, 3.8) is 0 Å². The van der Waals surface area contributed by atoms with Crippen molar-refractivity contribution in [3.05, 3.63) is 24.0 Å². The minimum absolute atomic E-state index is 0.168. The van der Waals surface area contributed by atoms with Gasteiger partial charge in [-0.05, 0) is 18.2 Å². The van der Waals surface area contributed by atoms with Gasteiger partial charge in [-0.1, -0.05) is 0 Å². The molecular formula is C12H15FN2O3S. The van der Waals surface area contributed by atoms with Crippen molar-refractivity contribution in [1.82, 2.24) is 4.90 Å². The molecule has 1 aromatic rings. The highest BCUT2D eigenvalue weighted by Gasteiger charge is 2.20. The monoisotopic (exact) mass is 286 g/mol. The van der Waals surface area contributed by atoms with E-state index in [0.29, 0.717) is 26.3 Å². The van der Waals surface area contributed by atoms with Gasteiger partial charge in [-0.2, -0.15) is 0 Å². The molecule has 1 aliphatic heterocycles. The summed E-state index contributed by atoms with van der Waals surface area (Å²) in [6, 6.07) is 3.65. The van der Waals surface area contributed by atoms with Gasteiger partial charge in [0.1, 0.15) is 11.6 Å². The molecule has 104 valence electrons. The lowest BCUT2D eigenvalue weighted by atomic mass is 10.3. The normalized spacial score (nSPS) is 17.2. The van der Waals surface area contributed by atoms with Gasteiger partial charge in [-0.25, -0.2) is 4.39 Å². The van der Waals surface area contributed by atoms with Crippen LogP contribution >= 0.6 is 0 Å². The summed E-state index contributed by atoms with van der Waals surface area (Å²) in [4.78, 5) is 13.7. The number of hydrogen-bond donors (Lipinski definition) is 1. The molecule has 0 radical (unpaired) electrons. The number of benzene rings is 1. The van der Waals surface area contributed by atoms with Crippen molar-refractivity contribution in [2.45, 2.75) is 4.90 Å². The number of carbonyl (C=O) groups is 1. The molecule has 1 aromatic carbocycles. The van der Waals surface area contributed by atoms with Crippen LogP contribution in [0.25, 0.3) is 0 Å². The summed E-state index contributed by atoms with van der Waals surface area (Å²) >= 11 is 0. The van der Waals surface area contributed by atoms with Gasteiger partial charge < -0.3 is 15.4 Å². The summed E-state index contributed by atoms with van der Waals surface area (Å²) in [5.41, 5.74) is 5.87. The molecule has 7 heteroatoms. The molecule has 0 aliphatic carbocycles. The molecular weight excluding hydrogens is 271 g/mol. The Hall–Kier alpha value is -1.47. The summed E-state index contributed by atoms with van der Waals surface area (Å²) in [6.07, 6.45) is 0. The number of ether oxygens (including phenoxy) is 1. The van der Waals surface area contributed by atoms with Crippen LogP contribution in [0.2, 0.25) is 0 Å². The van der Waals surface area contributed by atoms with Crippen molar-refractivity contribution in [3.8, 4) is 0 Å². The Morgan fingerprint density at radius 2 is 2.11 bits per heavy atom. The third-order valence-electron chi connectivity index (χ3n) is 2.84. The lowest BCUT2D eigenvalue weighted by Crippen LogP contribution is -2.42. The molecule has 2 rings (SSSR count). The Balaban J connectivity index is 2.04. The molecule has 0 saturated carbocycles.